The van der Waals surface area contributed by atoms with E-state index in [2.05, 4.69) is 10.3 Å². The Hall–Kier alpha value is -4.15. The molecule has 6 atom stereocenters. The van der Waals surface area contributed by atoms with Gasteiger partial charge in [0.25, 0.3) is 0 Å². The molecule has 1 aromatic heterocycles. The molecular formula is C37H34N2O6S. The monoisotopic (exact) mass is 634 g/mol. The Morgan fingerprint density at radius 2 is 1.30 bits per heavy atom. The Morgan fingerprint density at radius 3 is 1.85 bits per heavy atom. The summed E-state index contributed by atoms with van der Waals surface area (Å²) in [6, 6.07) is 34.7. The third-order valence-corrected chi connectivity index (χ3v) is 10.2. The summed E-state index contributed by atoms with van der Waals surface area (Å²) in [6.07, 6.45) is -1.23. The summed E-state index contributed by atoms with van der Waals surface area (Å²) < 4.78 is 19.4. The van der Waals surface area contributed by atoms with Crippen LogP contribution in [0.15, 0.2) is 120 Å². The summed E-state index contributed by atoms with van der Waals surface area (Å²) >= 11 is 1.22. The third kappa shape index (κ3) is 5.37. The van der Waals surface area contributed by atoms with Gasteiger partial charge in [0.05, 0.1) is 17.0 Å². The molecule has 3 aromatic carbocycles. The van der Waals surface area contributed by atoms with E-state index in [0.29, 0.717) is 5.03 Å². The van der Waals surface area contributed by atoms with Gasteiger partial charge < -0.3 is 14.2 Å². The molecule has 0 aliphatic carbocycles. The number of nitrogens with zero attached hydrogens (tertiary/aromatic N) is 1. The van der Waals surface area contributed by atoms with Crippen molar-refractivity contribution in [1.82, 2.24) is 10.3 Å². The first-order valence-corrected chi connectivity index (χ1v) is 16.3. The maximum Gasteiger partial charge on any atom is 0.241 e. The number of aromatic nitrogens is 1. The van der Waals surface area contributed by atoms with E-state index < -0.39 is 58.6 Å². The van der Waals surface area contributed by atoms with Crippen molar-refractivity contribution in [3.05, 3.63) is 132 Å². The van der Waals surface area contributed by atoms with Gasteiger partial charge in [-0.15, -0.1) is 0 Å². The summed E-state index contributed by atoms with van der Waals surface area (Å²) in [5.41, 5.74) is 1.35. The minimum atomic E-state index is -1.15. The van der Waals surface area contributed by atoms with E-state index in [1.165, 1.54) is 11.8 Å². The van der Waals surface area contributed by atoms with Crippen molar-refractivity contribution in [1.29, 1.82) is 0 Å². The Labute approximate surface area is 271 Å². The molecule has 4 aromatic rings. The first-order valence-electron chi connectivity index (χ1n) is 15.4. The number of fused-ring (bicyclic) bond motifs is 1. The lowest BCUT2D eigenvalue weighted by atomic mass is 9.65. The van der Waals surface area contributed by atoms with Crippen molar-refractivity contribution in [2.45, 2.75) is 66.2 Å². The summed E-state index contributed by atoms with van der Waals surface area (Å²) in [5.74, 6) is -2.77. The number of rotatable bonds is 9. The lowest BCUT2D eigenvalue weighted by Gasteiger charge is -2.36. The van der Waals surface area contributed by atoms with Gasteiger partial charge >= 0.3 is 0 Å². The van der Waals surface area contributed by atoms with E-state index in [-0.39, 0.29) is 12.2 Å². The fraction of sp³-hybridized carbons (Fsp3) is 0.297. The molecule has 7 rings (SSSR count). The van der Waals surface area contributed by atoms with Crippen molar-refractivity contribution in [3.63, 3.8) is 0 Å². The standard InChI is InChI=1S/C37H34N2O6S/c1-36(2)44-30-26(43-31(32(30)45-36)29-33(35(42)39-34(29)41)46-28-20-12-13-21-38-28)22-27(40)37(23-14-6-3-7-15-23,24-16-8-4-9-17-24)25-18-10-5-11-19-25/h3-21,26,29-33H,22H2,1-2H3,(H,39,41,42)/t26-,29?,30?,31?,32?,33?/m1/s1. The second-order valence-electron chi connectivity index (χ2n) is 12.3. The highest BCUT2D eigenvalue weighted by atomic mass is 32.2. The number of Topliss-reactive ketones (excluding diaryl/α,β-unsaturated/α-hetero) is 1. The molecule has 8 nitrogen and oxygen atoms in total. The number of imide groups is 1. The Bertz CT molecular complexity index is 1620. The number of carbonyl (C=O) groups excluding carboxylic acids is 3. The van der Waals surface area contributed by atoms with Crippen molar-refractivity contribution in [2.24, 2.45) is 5.92 Å². The number of ketones is 1. The van der Waals surface area contributed by atoms with E-state index in [4.69, 9.17) is 14.2 Å². The number of thioether (sulfide) groups is 1. The Kier molecular flexibility index (Phi) is 8.10. The number of nitrogens with one attached hydrogen (secondary N) is 1. The molecule has 46 heavy (non-hydrogen) atoms. The van der Waals surface area contributed by atoms with Gasteiger partial charge in [-0.25, -0.2) is 4.98 Å². The lowest BCUT2D eigenvalue weighted by molar-refractivity contribution is -0.193. The van der Waals surface area contributed by atoms with Crippen molar-refractivity contribution < 1.29 is 28.6 Å². The summed E-state index contributed by atoms with van der Waals surface area (Å²) in [4.78, 5) is 45.9. The molecule has 3 fully saturated rings. The zero-order chi connectivity index (χ0) is 31.9. The molecule has 234 valence electrons. The van der Waals surface area contributed by atoms with Gasteiger partial charge in [-0.05, 0) is 42.7 Å². The number of hydrogen-bond acceptors (Lipinski definition) is 8. The quantitative estimate of drug-likeness (QED) is 0.201. The second-order valence-corrected chi connectivity index (χ2v) is 13.4. The SMILES string of the molecule is CC1(C)OC2C(C3C(=O)NC(=O)C3Sc3ccccn3)O[C@H](CC(=O)C(c3ccccc3)(c3ccccc3)c3ccccc3)C2O1. The fourth-order valence-corrected chi connectivity index (χ4v) is 8.25. The second kappa shape index (κ2) is 12.2. The molecule has 1 N–H and O–H groups in total. The smallest absolute Gasteiger partial charge is 0.241 e. The van der Waals surface area contributed by atoms with Gasteiger partial charge in [-0.2, -0.15) is 0 Å². The predicted molar refractivity (Wildman–Crippen MR) is 172 cm³/mol. The van der Waals surface area contributed by atoms with Gasteiger partial charge in [-0.1, -0.05) is 109 Å². The van der Waals surface area contributed by atoms with Crippen LogP contribution >= 0.6 is 11.8 Å². The zero-order valence-electron chi connectivity index (χ0n) is 25.4. The van der Waals surface area contributed by atoms with Crippen LogP contribution in [0.3, 0.4) is 0 Å². The number of pyridine rings is 1. The summed E-state index contributed by atoms with van der Waals surface area (Å²) in [6.45, 7) is 3.62. The minimum Gasteiger partial charge on any atom is -0.368 e. The highest BCUT2D eigenvalue weighted by Gasteiger charge is 2.62. The minimum absolute atomic E-state index is 0.0177. The third-order valence-electron chi connectivity index (χ3n) is 8.98. The summed E-state index contributed by atoms with van der Waals surface area (Å²) in [5, 5.41) is 2.32. The molecular weight excluding hydrogens is 600 g/mol. The molecule has 5 unspecified atom stereocenters. The maximum absolute atomic E-state index is 15.1. The molecule has 3 saturated heterocycles. The van der Waals surface area contributed by atoms with Crippen molar-refractivity contribution >= 4 is 29.4 Å². The largest absolute Gasteiger partial charge is 0.368 e. The number of amides is 2. The van der Waals surface area contributed by atoms with Crippen LogP contribution in [0.2, 0.25) is 0 Å². The zero-order valence-corrected chi connectivity index (χ0v) is 26.3. The number of benzene rings is 3. The van der Waals surface area contributed by atoms with Crippen molar-refractivity contribution in [3.8, 4) is 0 Å². The topological polar surface area (TPSA) is 104 Å². The highest BCUT2D eigenvalue weighted by molar-refractivity contribution is 8.00. The molecule has 0 spiro atoms. The fourth-order valence-electron chi connectivity index (χ4n) is 7.12. The first kappa shape index (κ1) is 30.5. The van der Waals surface area contributed by atoms with Crippen LogP contribution in [-0.2, 0) is 34.0 Å². The lowest BCUT2D eigenvalue weighted by Crippen LogP contribution is -2.42. The predicted octanol–water partition coefficient (Wildman–Crippen LogP) is 5.10. The maximum atomic E-state index is 15.1. The molecule has 3 aliphatic rings. The Balaban J connectivity index is 1.27. The molecule has 0 radical (unpaired) electrons. The van der Waals surface area contributed by atoms with Crippen LogP contribution in [0.5, 0.6) is 0 Å². The van der Waals surface area contributed by atoms with Crippen LogP contribution in [0.4, 0.5) is 0 Å². The number of ether oxygens (including phenoxy) is 3. The first-order chi connectivity index (χ1) is 22.3. The van der Waals surface area contributed by atoms with Gasteiger partial charge in [0.1, 0.15) is 29.0 Å². The Morgan fingerprint density at radius 1 is 0.761 bits per heavy atom. The molecule has 0 bridgehead atoms. The van der Waals surface area contributed by atoms with E-state index in [1.807, 2.05) is 111 Å². The van der Waals surface area contributed by atoms with Crippen molar-refractivity contribution in [2.75, 3.05) is 0 Å². The van der Waals surface area contributed by atoms with Gasteiger partial charge in [0.15, 0.2) is 11.6 Å². The van der Waals surface area contributed by atoms with Crippen LogP contribution in [-0.4, -0.2) is 58.0 Å². The van der Waals surface area contributed by atoms with Crippen LogP contribution < -0.4 is 5.32 Å². The van der Waals surface area contributed by atoms with Gasteiger partial charge in [-0.3, -0.25) is 19.7 Å². The average molecular weight is 635 g/mol. The van der Waals surface area contributed by atoms with E-state index in [1.54, 1.807) is 18.3 Å². The van der Waals surface area contributed by atoms with E-state index in [0.717, 1.165) is 16.7 Å². The number of carbonyl (C=O) groups is 3. The molecule has 3 aliphatic heterocycles. The van der Waals surface area contributed by atoms with Crippen LogP contribution in [0.25, 0.3) is 0 Å². The molecule has 4 heterocycles. The average Bonchev–Trinajstić information content (AvgIpc) is 3.66. The van der Waals surface area contributed by atoms with Gasteiger partial charge in [0, 0.05) is 12.6 Å². The van der Waals surface area contributed by atoms with E-state index >= 15 is 4.79 Å². The normalized spacial score (nSPS) is 26.9. The molecule has 0 saturated carbocycles. The van der Waals surface area contributed by atoms with E-state index in [9.17, 15) is 9.59 Å². The van der Waals surface area contributed by atoms with Crippen LogP contribution in [0.1, 0.15) is 37.0 Å². The van der Waals surface area contributed by atoms with Crippen LogP contribution in [0, 0.1) is 5.92 Å². The highest BCUT2D eigenvalue weighted by Crippen LogP contribution is 2.48. The number of hydrogen-bond donors (Lipinski definition) is 1. The molecule has 2 amide bonds. The molecule has 9 heteroatoms. The van der Waals surface area contributed by atoms with Gasteiger partial charge in [0.2, 0.25) is 11.8 Å². The summed E-state index contributed by atoms with van der Waals surface area (Å²) in [7, 11) is 0.